The molecule has 0 fully saturated rings. The predicted molar refractivity (Wildman–Crippen MR) is 103 cm³/mol. The van der Waals surface area contributed by atoms with Crippen LogP contribution in [0, 0.1) is 13.8 Å². The van der Waals surface area contributed by atoms with Crippen molar-refractivity contribution >= 4 is 22.6 Å². The second-order valence-corrected chi connectivity index (χ2v) is 6.51. The van der Waals surface area contributed by atoms with E-state index >= 15 is 0 Å². The third-order valence-electron chi connectivity index (χ3n) is 4.54. The van der Waals surface area contributed by atoms with E-state index in [0.717, 1.165) is 10.9 Å². The number of carbonyl (C=O) groups excluding carboxylic acids is 1. The number of carbonyl (C=O) groups is 1. The molecule has 4 rings (SSSR count). The highest BCUT2D eigenvalue weighted by molar-refractivity contribution is 5.96. The molecule has 0 aliphatic rings. The number of aromatic nitrogens is 2. The van der Waals surface area contributed by atoms with E-state index in [1.165, 1.54) is 10.5 Å². The lowest BCUT2D eigenvalue weighted by Crippen LogP contribution is -2.17. The summed E-state index contributed by atoms with van der Waals surface area (Å²) in [7, 11) is 1.58. The molecular weight excluding hydrogens is 360 g/mol. The summed E-state index contributed by atoms with van der Waals surface area (Å²) in [5.74, 6) is 0.183. The van der Waals surface area contributed by atoms with Crippen molar-refractivity contribution in [3.05, 3.63) is 75.5 Å². The molecule has 0 saturated carbocycles. The summed E-state index contributed by atoms with van der Waals surface area (Å²) in [6, 6.07) is 10.3. The molecule has 28 heavy (non-hydrogen) atoms. The van der Waals surface area contributed by atoms with Gasteiger partial charge in [0.15, 0.2) is 0 Å². The third-order valence-corrected chi connectivity index (χ3v) is 4.54. The maximum atomic E-state index is 12.5. The molecule has 0 radical (unpaired) electrons. The summed E-state index contributed by atoms with van der Waals surface area (Å²) < 4.78 is 17.6. The molecule has 0 atom stereocenters. The van der Waals surface area contributed by atoms with E-state index < -0.39 is 5.97 Å². The van der Waals surface area contributed by atoms with Crippen molar-refractivity contribution in [1.29, 1.82) is 0 Å². The fourth-order valence-electron chi connectivity index (χ4n) is 3.06. The highest BCUT2D eigenvalue weighted by atomic mass is 16.5. The minimum Gasteiger partial charge on any atom is -0.497 e. The number of ether oxygens (including phenoxy) is 2. The first-order valence-electron chi connectivity index (χ1n) is 8.69. The molecule has 0 unspecified atom stereocenters. The van der Waals surface area contributed by atoms with Crippen molar-refractivity contribution in [2.45, 2.75) is 20.5 Å². The first-order chi connectivity index (χ1) is 13.5. The average Bonchev–Trinajstić information content (AvgIpc) is 3.02. The first-order valence-corrected chi connectivity index (χ1v) is 8.69. The minimum atomic E-state index is -0.612. The van der Waals surface area contributed by atoms with E-state index in [1.54, 1.807) is 44.5 Å². The zero-order valence-corrected chi connectivity index (χ0v) is 15.7. The molecular formula is C21H18N2O5. The normalized spacial score (nSPS) is 11.1. The second kappa shape index (κ2) is 6.84. The van der Waals surface area contributed by atoms with Gasteiger partial charge in [-0.3, -0.25) is 9.20 Å². The van der Waals surface area contributed by atoms with Crippen LogP contribution in [0.4, 0.5) is 0 Å². The summed E-state index contributed by atoms with van der Waals surface area (Å²) in [5, 5.41) is 0.781. The number of fused-ring (bicyclic) bond motifs is 2. The van der Waals surface area contributed by atoms with Gasteiger partial charge in [-0.15, -0.1) is 0 Å². The van der Waals surface area contributed by atoms with Gasteiger partial charge in [0.05, 0.1) is 12.8 Å². The molecule has 1 aromatic carbocycles. The monoisotopic (exact) mass is 378 g/mol. The number of furan rings is 1. The van der Waals surface area contributed by atoms with Crippen molar-refractivity contribution in [3.8, 4) is 5.75 Å². The molecule has 0 saturated heterocycles. The first kappa shape index (κ1) is 17.8. The van der Waals surface area contributed by atoms with Gasteiger partial charge in [-0.25, -0.2) is 9.78 Å². The van der Waals surface area contributed by atoms with Gasteiger partial charge in [0.1, 0.15) is 23.6 Å². The maximum Gasteiger partial charge on any atom is 0.374 e. The molecule has 3 heterocycles. The van der Waals surface area contributed by atoms with E-state index in [2.05, 4.69) is 4.98 Å². The van der Waals surface area contributed by atoms with Crippen LogP contribution in [0.2, 0.25) is 0 Å². The number of benzene rings is 1. The standard InChI is InChI=1S/C21H18N2O5/c1-12-4-7-18-22-14(8-19(24)23(18)10-12)11-27-21(25)20-13(2)16-9-15(26-3)5-6-17(16)28-20/h4-10H,11H2,1-3H3. The van der Waals surface area contributed by atoms with Crippen molar-refractivity contribution in [2.24, 2.45) is 0 Å². The molecule has 0 aliphatic carbocycles. The lowest BCUT2D eigenvalue weighted by molar-refractivity contribution is 0.0432. The van der Waals surface area contributed by atoms with Crippen LogP contribution >= 0.6 is 0 Å². The van der Waals surface area contributed by atoms with Crippen molar-refractivity contribution in [2.75, 3.05) is 7.11 Å². The number of aryl methyl sites for hydroxylation is 2. The van der Waals surface area contributed by atoms with Gasteiger partial charge < -0.3 is 13.9 Å². The Kier molecular flexibility index (Phi) is 4.35. The summed E-state index contributed by atoms with van der Waals surface area (Å²) in [5.41, 5.74) is 2.83. The van der Waals surface area contributed by atoms with Gasteiger partial charge in [-0.05, 0) is 43.7 Å². The van der Waals surface area contributed by atoms with Crippen LogP contribution in [0.1, 0.15) is 27.4 Å². The van der Waals surface area contributed by atoms with E-state index in [-0.39, 0.29) is 17.9 Å². The number of rotatable bonds is 4. The largest absolute Gasteiger partial charge is 0.497 e. The van der Waals surface area contributed by atoms with Crippen LogP contribution in [0.3, 0.4) is 0 Å². The summed E-state index contributed by atoms with van der Waals surface area (Å²) in [6.45, 7) is 3.55. The van der Waals surface area contributed by atoms with Gasteiger partial charge in [-0.2, -0.15) is 0 Å². The van der Waals surface area contributed by atoms with E-state index in [4.69, 9.17) is 13.9 Å². The van der Waals surface area contributed by atoms with Crippen LogP contribution in [0.25, 0.3) is 16.6 Å². The van der Waals surface area contributed by atoms with Crippen LogP contribution in [-0.2, 0) is 11.3 Å². The van der Waals surface area contributed by atoms with Crippen LogP contribution in [0.15, 0.2) is 51.8 Å². The van der Waals surface area contributed by atoms with E-state index in [0.29, 0.717) is 28.2 Å². The molecule has 3 aromatic heterocycles. The molecule has 0 bridgehead atoms. The van der Waals surface area contributed by atoms with E-state index in [1.807, 2.05) is 13.0 Å². The van der Waals surface area contributed by atoms with Gasteiger partial charge in [0.25, 0.3) is 5.56 Å². The Morgan fingerprint density at radius 3 is 2.79 bits per heavy atom. The number of pyridine rings is 1. The number of hydrogen-bond acceptors (Lipinski definition) is 6. The Hall–Kier alpha value is -3.61. The summed E-state index contributed by atoms with van der Waals surface area (Å²) in [6.07, 6.45) is 1.71. The van der Waals surface area contributed by atoms with Gasteiger partial charge in [0, 0.05) is 23.2 Å². The molecule has 7 nitrogen and oxygen atoms in total. The Morgan fingerprint density at radius 1 is 1.18 bits per heavy atom. The smallest absolute Gasteiger partial charge is 0.374 e. The van der Waals surface area contributed by atoms with Gasteiger partial charge in [0.2, 0.25) is 5.76 Å². The zero-order valence-electron chi connectivity index (χ0n) is 15.7. The van der Waals surface area contributed by atoms with Crippen molar-refractivity contribution in [1.82, 2.24) is 9.38 Å². The molecule has 0 spiro atoms. The Balaban J connectivity index is 1.58. The fraction of sp³-hybridized carbons (Fsp3) is 0.190. The van der Waals surface area contributed by atoms with Crippen molar-refractivity contribution in [3.63, 3.8) is 0 Å². The quantitative estimate of drug-likeness (QED) is 0.506. The predicted octanol–water partition coefficient (Wildman–Crippen LogP) is 3.42. The van der Waals surface area contributed by atoms with Crippen LogP contribution in [-0.4, -0.2) is 22.5 Å². The van der Waals surface area contributed by atoms with E-state index in [9.17, 15) is 9.59 Å². The van der Waals surface area contributed by atoms with Crippen molar-refractivity contribution < 1.29 is 18.7 Å². The number of hydrogen-bond donors (Lipinski definition) is 0. The highest BCUT2D eigenvalue weighted by Crippen LogP contribution is 2.29. The SMILES string of the molecule is COc1ccc2oc(C(=O)OCc3cc(=O)n4cc(C)ccc4n3)c(C)c2c1. The fourth-order valence-corrected chi connectivity index (χ4v) is 3.06. The maximum absolute atomic E-state index is 12.5. The second-order valence-electron chi connectivity index (χ2n) is 6.51. The molecule has 0 aliphatic heterocycles. The Labute approximate surface area is 160 Å². The average molecular weight is 378 g/mol. The number of esters is 1. The molecule has 0 N–H and O–H groups in total. The highest BCUT2D eigenvalue weighted by Gasteiger charge is 2.20. The third kappa shape index (κ3) is 3.11. The molecule has 142 valence electrons. The van der Waals surface area contributed by atoms with Gasteiger partial charge >= 0.3 is 5.97 Å². The summed E-state index contributed by atoms with van der Waals surface area (Å²) >= 11 is 0. The minimum absolute atomic E-state index is 0.122. The lowest BCUT2D eigenvalue weighted by atomic mass is 10.1. The lowest BCUT2D eigenvalue weighted by Gasteiger charge is -2.06. The van der Waals surface area contributed by atoms with Crippen LogP contribution in [0.5, 0.6) is 5.75 Å². The number of methoxy groups -OCH3 is 1. The van der Waals surface area contributed by atoms with Crippen LogP contribution < -0.4 is 10.3 Å². The summed E-state index contributed by atoms with van der Waals surface area (Å²) in [4.78, 5) is 29.1. The van der Waals surface area contributed by atoms with Gasteiger partial charge in [-0.1, -0.05) is 6.07 Å². The molecule has 7 heteroatoms. The molecule has 0 amide bonds. The number of nitrogens with zero attached hydrogens (tertiary/aromatic N) is 2. The topological polar surface area (TPSA) is 83.0 Å². The zero-order chi connectivity index (χ0) is 19.8. The Bertz CT molecular complexity index is 1270. The molecule has 4 aromatic rings. The Morgan fingerprint density at radius 2 is 2.00 bits per heavy atom.